The van der Waals surface area contributed by atoms with Crippen LogP contribution < -0.4 is 4.90 Å². The van der Waals surface area contributed by atoms with Crippen LogP contribution in [0.15, 0.2) is 36.4 Å². The molecule has 1 aromatic rings. The molecule has 3 amide bonds. The number of carbonyl (C=O) groups excluding carboxylic acids is 4. The predicted octanol–water partition coefficient (Wildman–Crippen LogP) is 1.88. The highest BCUT2D eigenvalue weighted by molar-refractivity contribution is 6.05. The number of benzene rings is 1. The van der Waals surface area contributed by atoms with Gasteiger partial charge in [-0.2, -0.15) is 0 Å². The first-order valence-corrected chi connectivity index (χ1v) is 10.6. The molecule has 3 aliphatic rings. The normalized spacial score (nSPS) is 23.7. The number of allylic oxidation sites excluding steroid dienone is 2. The van der Waals surface area contributed by atoms with Gasteiger partial charge in [-0.25, -0.2) is 0 Å². The number of piperazine rings is 1. The molecule has 0 saturated carbocycles. The minimum atomic E-state index is -0.240. The molecular weight excluding hydrogens is 382 g/mol. The Morgan fingerprint density at radius 2 is 1.47 bits per heavy atom. The Kier molecular flexibility index (Phi) is 5.70. The fraction of sp³-hybridized carbons (Fsp3) is 0.478. The number of fused-ring (bicyclic) bond motifs is 1. The van der Waals surface area contributed by atoms with Crippen LogP contribution in [0.2, 0.25) is 0 Å². The minimum absolute atomic E-state index is 0.0184. The van der Waals surface area contributed by atoms with E-state index in [0.29, 0.717) is 44.6 Å². The second-order valence-corrected chi connectivity index (χ2v) is 8.20. The van der Waals surface area contributed by atoms with Crippen LogP contribution >= 0.6 is 0 Å². The number of likely N-dealkylation sites (tertiary alicyclic amines) is 1. The third-order valence-corrected chi connectivity index (χ3v) is 6.42. The molecule has 2 fully saturated rings. The molecule has 7 nitrogen and oxygen atoms in total. The summed E-state index contributed by atoms with van der Waals surface area (Å²) in [4.78, 5) is 54.4. The number of amides is 3. The molecule has 0 radical (unpaired) electrons. The molecule has 2 saturated heterocycles. The topological polar surface area (TPSA) is 78.0 Å². The Hall–Kier alpha value is -2.96. The van der Waals surface area contributed by atoms with Gasteiger partial charge < -0.3 is 9.80 Å². The van der Waals surface area contributed by atoms with Crippen molar-refractivity contribution in [2.45, 2.75) is 26.2 Å². The van der Waals surface area contributed by atoms with E-state index in [1.807, 2.05) is 36.4 Å². The van der Waals surface area contributed by atoms with E-state index in [0.717, 1.165) is 5.69 Å². The number of anilines is 1. The summed E-state index contributed by atoms with van der Waals surface area (Å²) in [6, 6.07) is 7.53. The van der Waals surface area contributed by atoms with Gasteiger partial charge in [0.25, 0.3) is 0 Å². The first-order valence-electron chi connectivity index (χ1n) is 10.6. The lowest BCUT2D eigenvalue weighted by molar-refractivity contribution is -0.140. The van der Waals surface area contributed by atoms with Crippen LogP contribution in [0.1, 0.15) is 36.5 Å². The number of Topliss-reactive ketones (excluding diaryl/α,β-unsaturated/α-hetero) is 1. The van der Waals surface area contributed by atoms with E-state index >= 15 is 0 Å². The number of imide groups is 1. The lowest BCUT2D eigenvalue weighted by Gasteiger charge is -2.36. The van der Waals surface area contributed by atoms with Crippen LogP contribution in [0.3, 0.4) is 0 Å². The summed E-state index contributed by atoms with van der Waals surface area (Å²) in [5.41, 5.74) is 1.73. The van der Waals surface area contributed by atoms with Crippen molar-refractivity contribution in [3.63, 3.8) is 0 Å². The predicted molar refractivity (Wildman–Crippen MR) is 112 cm³/mol. The van der Waals surface area contributed by atoms with E-state index in [4.69, 9.17) is 0 Å². The van der Waals surface area contributed by atoms with Crippen molar-refractivity contribution in [3.8, 4) is 0 Å². The number of hydrogen-bond donors (Lipinski definition) is 0. The minimum Gasteiger partial charge on any atom is -0.368 e. The Morgan fingerprint density at radius 3 is 2.00 bits per heavy atom. The lowest BCUT2D eigenvalue weighted by atomic mass is 9.85. The zero-order valence-corrected chi connectivity index (χ0v) is 17.3. The summed E-state index contributed by atoms with van der Waals surface area (Å²) < 4.78 is 0. The summed E-state index contributed by atoms with van der Waals surface area (Å²) >= 11 is 0. The highest BCUT2D eigenvalue weighted by atomic mass is 16.2. The van der Waals surface area contributed by atoms with E-state index in [-0.39, 0.29) is 48.3 Å². The first kappa shape index (κ1) is 20.3. The molecular formula is C23H27N3O4. The zero-order chi connectivity index (χ0) is 21.3. The van der Waals surface area contributed by atoms with Gasteiger partial charge in [0.05, 0.1) is 11.8 Å². The number of nitrogens with zero attached hydrogens (tertiary/aromatic N) is 3. The van der Waals surface area contributed by atoms with Crippen molar-refractivity contribution in [2.24, 2.45) is 11.8 Å². The molecule has 0 N–H and O–H groups in total. The Labute approximate surface area is 176 Å². The third kappa shape index (κ3) is 3.88. The Bertz CT molecular complexity index is 858. The zero-order valence-electron chi connectivity index (χ0n) is 17.3. The van der Waals surface area contributed by atoms with E-state index in [1.54, 1.807) is 11.8 Å². The van der Waals surface area contributed by atoms with Crippen molar-refractivity contribution in [1.82, 2.24) is 9.80 Å². The molecule has 158 valence electrons. The Morgan fingerprint density at radius 1 is 0.900 bits per heavy atom. The lowest BCUT2D eigenvalue weighted by Crippen LogP contribution is -2.49. The van der Waals surface area contributed by atoms with Crippen LogP contribution in [0.4, 0.5) is 5.69 Å². The van der Waals surface area contributed by atoms with Crippen molar-refractivity contribution in [3.05, 3.63) is 42.0 Å². The molecule has 1 aliphatic carbocycles. The summed E-state index contributed by atoms with van der Waals surface area (Å²) in [6.07, 6.45) is 5.35. The van der Waals surface area contributed by atoms with Crippen LogP contribution in [-0.2, 0) is 14.4 Å². The van der Waals surface area contributed by atoms with Gasteiger partial charge in [0.2, 0.25) is 17.7 Å². The Balaban J connectivity index is 1.27. The maximum Gasteiger partial charge on any atom is 0.233 e. The molecule has 2 atom stereocenters. The van der Waals surface area contributed by atoms with Gasteiger partial charge in [-0.3, -0.25) is 24.1 Å². The molecule has 0 aromatic heterocycles. The van der Waals surface area contributed by atoms with E-state index in [2.05, 4.69) is 4.90 Å². The summed E-state index contributed by atoms with van der Waals surface area (Å²) in [5.74, 6) is -0.703. The maximum absolute atomic E-state index is 12.7. The fourth-order valence-corrected chi connectivity index (χ4v) is 4.58. The first-order chi connectivity index (χ1) is 14.5. The average Bonchev–Trinajstić information content (AvgIpc) is 3.02. The highest BCUT2D eigenvalue weighted by Gasteiger charge is 2.47. The maximum atomic E-state index is 12.7. The van der Waals surface area contributed by atoms with Crippen LogP contribution in [0.25, 0.3) is 0 Å². The molecule has 4 rings (SSSR count). The van der Waals surface area contributed by atoms with Gasteiger partial charge in [-0.05, 0) is 44.0 Å². The smallest absolute Gasteiger partial charge is 0.233 e. The fourth-order valence-electron chi connectivity index (χ4n) is 4.58. The third-order valence-electron chi connectivity index (χ3n) is 6.42. The summed E-state index contributed by atoms with van der Waals surface area (Å²) in [6.45, 7) is 4.35. The number of carbonyl (C=O) groups is 4. The second-order valence-electron chi connectivity index (χ2n) is 8.20. The molecule has 1 aromatic carbocycles. The molecule has 0 bridgehead atoms. The average molecular weight is 409 g/mol. The molecule has 30 heavy (non-hydrogen) atoms. The van der Waals surface area contributed by atoms with Gasteiger partial charge in [0.1, 0.15) is 0 Å². The van der Waals surface area contributed by atoms with Crippen molar-refractivity contribution >= 4 is 29.2 Å². The van der Waals surface area contributed by atoms with Crippen LogP contribution in [-0.4, -0.2) is 66.0 Å². The van der Waals surface area contributed by atoms with Gasteiger partial charge >= 0.3 is 0 Å². The molecule has 2 aliphatic heterocycles. The second kappa shape index (κ2) is 8.42. The quantitative estimate of drug-likeness (QED) is 0.422. The van der Waals surface area contributed by atoms with Gasteiger partial charge in [0.15, 0.2) is 5.78 Å². The molecule has 2 heterocycles. The number of hydrogen-bond acceptors (Lipinski definition) is 5. The van der Waals surface area contributed by atoms with Crippen molar-refractivity contribution < 1.29 is 19.2 Å². The van der Waals surface area contributed by atoms with E-state index in [9.17, 15) is 19.2 Å². The summed E-state index contributed by atoms with van der Waals surface area (Å²) in [5, 5.41) is 0. The number of rotatable bonds is 5. The molecule has 7 heteroatoms. The number of ketones is 1. The monoisotopic (exact) mass is 409 g/mol. The molecule has 0 spiro atoms. The SMILES string of the molecule is CC(=O)c1ccc(N2CCN(C(=O)CCN3C(=O)[C@@H]4CC=CC[C@H]4C3=O)CC2)cc1. The standard InChI is InChI=1S/C23H27N3O4/c1-16(27)17-6-8-18(9-7-17)24-12-14-25(15-13-24)21(28)10-11-26-22(29)19-4-2-3-5-20(19)23(26)30/h2-3,6-9,19-20H,4-5,10-15H2,1H3/t19-,20-/m1/s1. The highest BCUT2D eigenvalue weighted by Crippen LogP contribution is 2.35. The van der Waals surface area contributed by atoms with E-state index < -0.39 is 0 Å². The van der Waals surface area contributed by atoms with Crippen molar-refractivity contribution in [1.29, 1.82) is 0 Å². The molecule has 0 unspecified atom stereocenters. The van der Waals surface area contributed by atoms with Gasteiger partial charge in [0, 0.05) is 50.4 Å². The van der Waals surface area contributed by atoms with E-state index in [1.165, 1.54) is 4.90 Å². The van der Waals surface area contributed by atoms with Crippen LogP contribution in [0, 0.1) is 11.8 Å². The van der Waals surface area contributed by atoms with Gasteiger partial charge in [-0.1, -0.05) is 12.2 Å². The van der Waals surface area contributed by atoms with Crippen LogP contribution in [0.5, 0.6) is 0 Å². The van der Waals surface area contributed by atoms with Crippen molar-refractivity contribution in [2.75, 3.05) is 37.6 Å². The summed E-state index contributed by atoms with van der Waals surface area (Å²) in [7, 11) is 0. The largest absolute Gasteiger partial charge is 0.368 e. The van der Waals surface area contributed by atoms with Gasteiger partial charge in [-0.15, -0.1) is 0 Å².